The van der Waals surface area contributed by atoms with Crippen LogP contribution in [0.15, 0.2) is 18.2 Å². The van der Waals surface area contributed by atoms with Gasteiger partial charge in [0.1, 0.15) is 5.75 Å². The largest absolute Gasteiger partial charge is 0.493 e. The standard InChI is InChI=1S/C15H23N3O3/c1-3-6-21-15-9-13(8-14(10-15)18(19)20)17-12-4-5-16-11(2)7-12/h8-12,16-17H,3-7H2,1-2H3. The highest BCUT2D eigenvalue weighted by molar-refractivity contribution is 5.56. The molecule has 2 atom stereocenters. The molecule has 6 nitrogen and oxygen atoms in total. The number of nitrogens with one attached hydrogen (secondary N) is 2. The summed E-state index contributed by atoms with van der Waals surface area (Å²) in [6, 6.07) is 5.69. The van der Waals surface area contributed by atoms with E-state index in [1.54, 1.807) is 6.07 Å². The molecule has 0 aromatic heterocycles. The molecule has 1 aliphatic heterocycles. The maximum atomic E-state index is 11.0. The smallest absolute Gasteiger partial charge is 0.275 e. The summed E-state index contributed by atoms with van der Waals surface area (Å²) in [7, 11) is 0. The number of hydrogen-bond donors (Lipinski definition) is 2. The number of hydrogen-bond acceptors (Lipinski definition) is 5. The average molecular weight is 293 g/mol. The number of nitro groups is 1. The van der Waals surface area contributed by atoms with Crippen molar-refractivity contribution in [3.8, 4) is 5.75 Å². The van der Waals surface area contributed by atoms with Crippen molar-refractivity contribution in [1.82, 2.24) is 5.32 Å². The fraction of sp³-hybridized carbons (Fsp3) is 0.600. The van der Waals surface area contributed by atoms with E-state index in [2.05, 4.69) is 17.6 Å². The summed E-state index contributed by atoms with van der Waals surface area (Å²) in [6.07, 6.45) is 2.89. The molecule has 116 valence electrons. The van der Waals surface area contributed by atoms with E-state index in [4.69, 9.17) is 4.74 Å². The van der Waals surface area contributed by atoms with Gasteiger partial charge in [-0.3, -0.25) is 10.1 Å². The zero-order chi connectivity index (χ0) is 15.2. The number of nitrogens with zero attached hydrogens (tertiary/aromatic N) is 1. The van der Waals surface area contributed by atoms with Crippen LogP contribution in [0, 0.1) is 10.1 Å². The van der Waals surface area contributed by atoms with Crippen molar-refractivity contribution in [1.29, 1.82) is 0 Å². The van der Waals surface area contributed by atoms with Crippen LogP contribution < -0.4 is 15.4 Å². The van der Waals surface area contributed by atoms with Gasteiger partial charge >= 0.3 is 0 Å². The van der Waals surface area contributed by atoms with Crippen LogP contribution in [-0.4, -0.2) is 30.2 Å². The topological polar surface area (TPSA) is 76.4 Å². The minimum absolute atomic E-state index is 0.0630. The lowest BCUT2D eigenvalue weighted by Crippen LogP contribution is -2.41. The molecule has 2 rings (SSSR count). The Morgan fingerprint density at radius 3 is 2.95 bits per heavy atom. The van der Waals surface area contributed by atoms with E-state index in [-0.39, 0.29) is 10.6 Å². The molecule has 1 aliphatic rings. The highest BCUT2D eigenvalue weighted by atomic mass is 16.6. The third-order valence-electron chi connectivity index (χ3n) is 3.57. The predicted molar refractivity (Wildman–Crippen MR) is 83.0 cm³/mol. The number of ether oxygens (including phenoxy) is 1. The van der Waals surface area contributed by atoms with Gasteiger partial charge in [-0.15, -0.1) is 0 Å². The van der Waals surface area contributed by atoms with E-state index in [1.165, 1.54) is 6.07 Å². The van der Waals surface area contributed by atoms with Gasteiger partial charge in [-0.05, 0) is 32.7 Å². The van der Waals surface area contributed by atoms with Gasteiger partial charge in [-0.2, -0.15) is 0 Å². The fourth-order valence-corrected chi connectivity index (χ4v) is 2.57. The SMILES string of the molecule is CCCOc1cc(NC2CCNC(C)C2)cc([N+](=O)[O-])c1. The van der Waals surface area contributed by atoms with Crippen LogP contribution in [0.3, 0.4) is 0 Å². The van der Waals surface area contributed by atoms with Crippen LogP contribution in [0.25, 0.3) is 0 Å². The lowest BCUT2D eigenvalue weighted by molar-refractivity contribution is -0.384. The molecule has 2 N–H and O–H groups in total. The molecule has 0 spiro atoms. The zero-order valence-corrected chi connectivity index (χ0v) is 12.6. The first-order chi connectivity index (χ1) is 10.1. The van der Waals surface area contributed by atoms with Gasteiger partial charge in [0.05, 0.1) is 17.6 Å². The quantitative estimate of drug-likeness (QED) is 0.623. The first-order valence-corrected chi connectivity index (χ1v) is 7.50. The Morgan fingerprint density at radius 1 is 1.48 bits per heavy atom. The first kappa shape index (κ1) is 15.6. The van der Waals surface area contributed by atoms with Gasteiger partial charge < -0.3 is 15.4 Å². The molecule has 1 aromatic rings. The van der Waals surface area contributed by atoms with Crippen molar-refractivity contribution in [3.63, 3.8) is 0 Å². The summed E-state index contributed by atoms with van der Waals surface area (Å²) >= 11 is 0. The van der Waals surface area contributed by atoms with E-state index < -0.39 is 0 Å². The molecular formula is C15H23N3O3. The maximum absolute atomic E-state index is 11.0. The van der Waals surface area contributed by atoms with E-state index >= 15 is 0 Å². The maximum Gasteiger partial charge on any atom is 0.275 e. The van der Waals surface area contributed by atoms with Crippen LogP contribution in [0.2, 0.25) is 0 Å². The molecule has 1 fully saturated rings. The average Bonchev–Trinajstić information content (AvgIpc) is 2.45. The number of nitro benzene ring substituents is 1. The molecule has 1 heterocycles. The van der Waals surface area contributed by atoms with Gasteiger partial charge in [0.15, 0.2) is 0 Å². The van der Waals surface area contributed by atoms with Crippen LogP contribution in [-0.2, 0) is 0 Å². The van der Waals surface area contributed by atoms with E-state index in [1.807, 2.05) is 13.0 Å². The Balaban J connectivity index is 2.12. The number of benzene rings is 1. The van der Waals surface area contributed by atoms with E-state index in [9.17, 15) is 10.1 Å². The monoisotopic (exact) mass is 293 g/mol. The van der Waals surface area contributed by atoms with Gasteiger partial charge in [-0.25, -0.2) is 0 Å². The molecule has 0 radical (unpaired) electrons. The zero-order valence-electron chi connectivity index (χ0n) is 12.6. The predicted octanol–water partition coefficient (Wildman–Crippen LogP) is 2.94. The fourth-order valence-electron chi connectivity index (χ4n) is 2.57. The molecule has 0 amide bonds. The van der Waals surface area contributed by atoms with Crippen molar-refractivity contribution in [2.24, 2.45) is 0 Å². The Bertz CT molecular complexity index is 493. The Hall–Kier alpha value is -1.82. The number of non-ortho nitro benzene ring substituents is 1. The molecule has 0 bridgehead atoms. The van der Waals surface area contributed by atoms with Crippen molar-refractivity contribution in [3.05, 3.63) is 28.3 Å². The lowest BCUT2D eigenvalue weighted by atomic mass is 10.0. The number of rotatable bonds is 6. The number of piperidine rings is 1. The first-order valence-electron chi connectivity index (χ1n) is 7.50. The van der Waals surface area contributed by atoms with Crippen molar-refractivity contribution in [2.75, 3.05) is 18.5 Å². The van der Waals surface area contributed by atoms with Crippen molar-refractivity contribution >= 4 is 11.4 Å². The summed E-state index contributed by atoms with van der Waals surface area (Å²) < 4.78 is 5.54. The third-order valence-corrected chi connectivity index (χ3v) is 3.57. The molecular weight excluding hydrogens is 270 g/mol. The Morgan fingerprint density at radius 2 is 2.29 bits per heavy atom. The normalized spacial score (nSPS) is 21.8. The third kappa shape index (κ3) is 4.60. The van der Waals surface area contributed by atoms with Gasteiger partial charge in [0.25, 0.3) is 5.69 Å². The van der Waals surface area contributed by atoms with Gasteiger partial charge in [-0.1, -0.05) is 6.92 Å². The van der Waals surface area contributed by atoms with Crippen LogP contribution in [0.5, 0.6) is 5.75 Å². The minimum atomic E-state index is -0.380. The van der Waals surface area contributed by atoms with E-state index in [0.29, 0.717) is 24.4 Å². The second-order valence-corrected chi connectivity index (χ2v) is 5.54. The van der Waals surface area contributed by atoms with Gasteiger partial charge in [0, 0.05) is 29.9 Å². The highest BCUT2D eigenvalue weighted by Gasteiger charge is 2.19. The van der Waals surface area contributed by atoms with Crippen LogP contribution in [0.1, 0.15) is 33.1 Å². The van der Waals surface area contributed by atoms with Crippen LogP contribution in [0.4, 0.5) is 11.4 Å². The molecule has 0 aliphatic carbocycles. The molecule has 6 heteroatoms. The van der Waals surface area contributed by atoms with Crippen molar-refractivity contribution in [2.45, 2.75) is 45.2 Å². The molecule has 2 unspecified atom stereocenters. The highest BCUT2D eigenvalue weighted by Crippen LogP contribution is 2.27. The summed E-state index contributed by atoms with van der Waals surface area (Å²) in [5.41, 5.74) is 0.822. The summed E-state index contributed by atoms with van der Waals surface area (Å²) in [6.45, 7) is 5.68. The van der Waals surface area contributed by atoms with Gasteiger partial charge in [0.2, 0.25) is 0 Å². The second-order valence-electron chi connectivity index (χ2n) is 5.54. The molecule has 1 aromatic carbocycles. The summed E-state index contributed by atoms with van der Waals surface area (Å²) in [5, 5.41) is 17.8. The lowest BCUT2D eigenvalue weighted by Gasteiger charge is -2.29. The Kier molecular flexibility index (Phi) is 5.38. The molecule has 0 saturated carbocycles. The minimum Gasteiger partial charge on any atom is -0.493 e. The second kappa shape index (κ2) is 7.26. The Labute approximate surface area is 125 Å². The van der Waals surface area contributed by atoms with Crippen molar-refractivity contribution < 1.29 is 9.66 Å². The van der Waals surface area contributed by atoms with E-state index in [0.717, 1.165) is 31.5 Å². The molecule has 1 saturated heterocycles. The molecule has 21 heavy (non-hydrogen) atoms. The number of anilines is 1. The summed E-state index contributed by atoms with van der Waals surface area (Å²) in [4.78, 5) is 10.7. The van der Waals surface area contributed by atoms with Crippen LogP contribution >= 0.6 is 0 Å². The summed E-state index contributed by atoms with van der Waals surface area (Å²) in [5.74, 6) is 0.551.